The summed E-state index contributed by atoms with van der Waals surface area (Å²) >= 11 is 0. The number of carbonyl (C=O) groups is 2. The third kappa shape index (κ3) is 4.77. The van der Waals surface area contributed by atoms with E-state index < -0.39 is 27.8 Å². The van der Waals surface area contributed by atoms with Gasteiger partial charge in [-0.3, -0.25) is 4.79 Å². The lowest BCUT2D eigenvalue weighted by Gasteiger charge is -2.16. The molecule has 0 aliphatic carbocycles. The SMILES string of the molecule is O=C(N[C@H](CCS(=O)(=O)c1ccccc1)C(=O)O)[C@H]1CCOC1. The summed E-state index contributed by atoms with van der Waals surface area (Å²) in [6.45, 7) is 0.735. The zero-order valence-corrected chi connectivity index (χ0v) is 13.3. The zero-order chi connectivity index (χ0) is 16.9. The molecule has 1 saturated heterocycles. The van der Waals surface area contributed by atoms with E-state index in [2.05, 4.69) is 5.32 Å². The van der Waals surface area contributed by atoms with E-state index in [0.717, 1.165) is 0 Å². The van der Waals surface area contributed by atoms with Crippen molar-refractivity contribution in [1.29, 1.82) is 0 Å². The molecule has 1 amide bonds. The van der Waals surface area contributed by atoms with Gasteiger partial charge in [-0.25, -0.2) is 13.2 Å². The highest BCUT2D eigenvalue weighted by molar-refractivity contribution is 7.91. The predicted molar refractivity (Wildman–Crippen MR) is 81.6 cm³/mol. The first-order chi connectivity index (χ1) is 10.9. The monoisotopic (exact) mass is 341 g/mol. The van der Waals surface area contributed by atoms with Gasteiger partial charge in [0.2, 0.25) is 5.91 Å². The summed E-state index contributed by atoms with van der Waals surface area (Å²) in [5, 5.41) is 11.6. The minimum absolute atomic E-state index is 0.139. The van der Waals surface area contributed by atoms with Crippen LogP contribution in [0.5, 0.6) is 0 Å². The van der Waals surface area contributed by atoms with Crippen LogP contribution in [0.15, 0.2) is 35.2 Å². The summed E-state index contributed by atoms with van der Waals surface area (Å²) in [5.41, 5.74) is 0. The molecule has 1 heterocycles. The maximum atomic E-state index is 12.2. The van der Waals surface area contributed by atoms with Crippen LogP contribution in [0.3, 0.4) is 0 Å². The van der Waals surface area contributed by atoms with Crippen molar-refractivity contribution in [3.63, 3.8) is 0 Å². The minimum atomic E-state index is -3.58. The van der Waals surface area contributed by atoms with Gasteiger partial charge in [0.25, 0.3) is 0 Å². The molecule has 0 aromatic heterocycles. The van der Waals surface area contributed by atoms with Crippen LogP contribution in [0.2, 0.25) is 0 Å². The largest absolute Gasteiger partial charge is 0.480 e. The number of carboxylic acids is 1. The van der Waals surface area contributed by atoms with Crippen LogP contribution in [-0.4, -0.2) is 50.4 Å². The molecule has 0 spiro atoms. The summed E-state index contributed by atoms with van der Waals surface area (Å²) in [4.78, 5) is 23.4. The Morgan fingerprint density at radius 3 is 2.57 bits per heavy atom. The van der Waals surface area contributed by atoms with E-state index in [1.807, 2.05) is 0 Å². The predicted octanol–water partition coefficient (Wildman–Crippen LogP) is 0.456. The second-order valence-electron chi connectivity index (χ2n) is 5.38. The van der Waals surface area contributed by atoms with E-state index >= 15 is 0 Å². The van der Waals surface area contributed by atoms with Crippen LogP contribution in [0.4, 0.5) is 0 Å². The molecule has 1 aromatic carbocycles. The lowest BCUT2D eigenvalue weighted by atomic mass is 10.1. The number of sulfone groups is 1. The van der Waals surface area contributed by atoms with Gasteiger partial charge in [-0.05, 0) is 25.0 Å². The van der Waals surface area contributed by atoms with Crippen LogP contribution in [0.1, 0.15) is 12.8 Å². The highest BCUT2D eigenvalue weighted by Crippen LogP contribution is 2.14. The van der Waals surface area contributed by atoms with Crippen LogP contribution >= 0.6 is 0 Å². The van der Waals surface area contributed by atoms with E-state index in [4.69, 9.17) is 4.74 Å². The third-order valence-electron chi connectivity index (χ3n) is 3.69. The van der Waals surface area contributed by atoms with Crippen LogP contribution < -0.4 is 5.32 Å². The van der Waals surface area contributed by atoms with Gasteiger partial charge >= 0.3 is 5.97 Å². The van der Waals surface area contributed by atoms with Crippen molar-refractivity contribution >= 4 is 21.7 Å². The lowest BCUT2D eigenvalue weighted by molar-refractivity contribution is -0.142. The number of ether oxygens (including phenoxy) is 1. The first kappa shape index (κ1) is 17.4. The molecule has 2 atom stereocenters. The Hall–Kier alpha value is -1.93. The average Bonchev–Trinajstić information content (AvgIpc) is 3.06. The minimum Gasteiger partial charge on any atom is -0.480 e. The van der Waals surface area contributed by atoms with E-state index in [-0.39, 0.29) is 29.6 Å². The van der Waals surface area contributed by atoms with Crippen LogP contribution in [0.25, 0.3) is 0 Å². The quantitative estimate of drug-likeness (QED) is 0.745. The number of aliphatic carboxylic acids is 1. The summed E-state index contributed by atoms with van der Waals surface area (Å²) in [5.74, 6) is -2.38. The van der Waals surface area contributed by atoms with Gasteiger partial charge in [0, 0.05) is 6.61 Å². The summed E-state index contributed by atoms with van der Waals surface area (Å²) in [7, 11) is -3.58. The van der Waals surface area contributed by atoms with Gasteiger partial charge in [-0.1, -0.05) is 18.2 Å². The van der Waals surface area contributed by atoms with E-state index in [0.29, 0.717) is 13.0 Å². The first-order valence-corrected chi connectivity index (χ1v) is 8.94. The van der Waals surface area contributed by atoms with Crippen molar-refractivity contribution in [3.05, 3.63) is 30.3 Å². The maximum Gasteiger partial charge on any atom is 0.326 e. The number of carbonyl (C=O) groups excluding carboxylic acids is 1. The van der Waals surface area contributed by atoms with Crippen LogP contribution in [0, 0.1) is 5.92 Å². The Bertz CT molecular complexity index is 652. The summed E-state index contributed by atoms with van der Waals surface area (Å²) in [6.07, 6.45) is 0.354. The number of nitrogens with one attached hydrogen (secondary N) is 1. The number of carboxylic acid groups (broad SMARTS) is 1. The molecule has 7 nitrogen and oxygen atoms in total. The molecule has 0 unspecified atom stereocenters. The highest BCUT2D eigenvalue weighted by atomic mass is 32.2. The van der Waals surface area contributed by atoms with Crippen LogP contribution in [-0.2, 0) is 24.2 Å². The summed E-state index contributed by atoms with van der Waals surface area (Å²) < 4.78 is 29.4. The van der Waals surface area contributed by atoms with Gasteiger partial charge in [0.1, 0.15) is 6.04 Å². The topological polar surface area (TPSA) is 110 Å². The Balaban J connectivity index is 1.97. The van der Waals surface area contributed by atoms with Gasteiger partial charge in [0.15, 0.2) is 9.84 Å². The Labute approximate surface area is 134 Å². The first-order valence-electron chi connectivity index (χ1n) is 7.29. The third-order valence-corrected chi connectivity index (χ3v) is 5.46. The van der Waals surface area contributed by atoms with Gasteiger partial charge in [-0.2, -0.15) is 0 Å². The van der Waals surface area contributed by atoms with E-state index in [1.165, 1.54) is 12.1 Å². The molecule has 0 radical (unpaired) electrons. The summed E-state index contributed by atoms with van der Waals surface area (Å²) in [6, 6.07) is 6.58. The molecule has 0 saturated carbocycles. The second-order valence-corrected chi connectivity index (χ2v) is 7.49. The maximum absolute atomic E-state index is 12.2. The van der Waals surface area contributed by atoms with Crippen molar-refractivity contribution in [2.24, 2.45) is 5.92 Å². The fourth-order valence-electron chi connectivity index (χ4n) is 2.31. The molecule has 1 aliphatic rings. The van der Waals surface area contributed by atoms with Crippen molar-refractivity contribution in [2.45, 2.75) is 23.8 Å². The van der Waals surface area contributed by atoms with Crippen molar-refractivity contribution in [2.75, 3.05) is 19.0 Å². The molecule has 0 bridgehead atoms. The number of rotatable bonds is 7. The Morgan fingerprint density at radius 2 is 2.00 bits per heavy atom. The van der Waals surface area contributed by atoms with Gasteiger partial charge in [0.05, 0.1) is 23.2 Å². The van der Waals surface area contributed by atoms with Crippen molar-refractivity contribution < 1.29 is 27.9 Å². The number of benzene rings is 1. The average molecular weight is 341 g/mol. The normalized spacial score (nSPS) is 19.2. The standard InChI is InChI=1S/C15H19NO6S/c17-14(11-6-8-22-10-11)16-13(15(18)19)7-9-23(20,21)12-4-2-1-3-5-12/h1-5,11,13H,6-10H2,(H,16,17)(H,18,19)/t11-,13+/m0/s1. The number of amides is 1. The Kier molecular flexibility index (Phi) is 5.73. The lowest BCUT2D eigenvalue weighted by Crippen LogP contribution is -2.44. The smallest absolute Gasteiger partial charge is 0.326 e. The molecule has 2 rings (SSSR count). The molecule has 23 heavy (non-hydrogen) atoms. The fraction of sp³-hybridized carbons (Fsp3) is 0.467. The fourth-order valence-corrected chi connectivity index (χ4v) is 3.66. The zero-order valence-electron chi connectivity index (χ0n) is 12.5. The molecule has 8 heteroatoms. The molecule has 1 aromatic rings. The van der Waals surface area contributed by atoms with Gasteiger partial charge < -0.3 is 15.2 Å². The molecule has 126 valence electrons. The highest BCUT2D eigenvalue weighted by Gasteiger charge is 2.29. The molecule has 1 fully saturated rings. The Morgan fingerprint density at radius 1 is 1.30 bits per heavy atom. The molecule has 1 aliphatic heterocycles. The van der Waals surface area contributed by atoms with Crippen molar-refractivity contribution in [1.82, 2.24) is 5.32 Å². The number of hydrogen-bond donors (Lipinski definition) is 2. The number of hydrogen-bond acceptors (Lipinski definition) is 5. The van der Waals surface area contributed by atoms with Gasteiger partial charge in [-0.15, -0.1) is 0 Å². The molecule has 2 N–H and O–H groups in total. The van der Waals surface area contributed by atoms with E-state index in [9.17, 15) is 23.1 Å². The second kappa shape index (κ2) is 7.56. The molecular weight excluding hydrogens is 322 g/mol. The molecular formula is C15H19NO6S. The van der Waals surface area contributed by atoms with Crippen molar-refractivity contribution in [3.8, 4) is 0 Å². The van der Waals surface area contributed by atoms with E-state index in [1.54, 1.807) is 18.2 Å².